The molecule has 5 rings (SSSR count). The molecule has 2 aromatic carbocycles. The molecule has 2 fully saturated rings. The minimum Gasteiger partial charge on any atom is -0.380 e. The van der Waals surface area contributed by atoms with Crippen LogP contribution in [0.4, 0.5) is 17.6 Å². The predicted molar refractivity (Wildman–Crippen MR) is 134 cm³/mol. The molecule has 0 saturated carbocycles. The third-order valence-electron chi connectivity index (χ3n) is 8.89. The Balaban J connectivity index is 1.54. The van der Waals surface area contributed by atoms with Crippen LogP contribution in [0.25, 0.3) is 0 Å². The number of rotatable bonds is 4. The van der Waals surface area contributed by atoms with Gasteiger partial charge in [0.25, 0.3) is 5.91 Å². The molecule has 38 heavy (non-hydrogen) atoms. The van der Waals surface area contributed by atoms with Crippen LogP contribution in [-0.4, -0.2) is 60.2 Å². The quantitative estimate of drug-likeness (QED) is 0.570. The Morgan fingerprint density at radius 3 is 2.34 bits per heavy atom. The van der Waals surface area contributed by atoms with Crippen LogP contribution < -0.4 is 0 Å². The lowest BCUT2D eigenvalue weighted by Crippen LogP contribution is -2.57. The molecule has 2 aliphatic heterocycles. The molecule has 2 saturated heterocycles. The lowest BCUT2D eigenvalue weighted by Gasteiger charge is -2.45. The Hall–Kier alpha value is -2.46. The smallest absolute Gasteiger partial charge is 0.380 e. The zero-order chi connectivity index (χ0) is 27.6. The van der Waals surface area contributed by atoms with E-state index < -0.39 is 44.2 Å². The van der Waals surface area contributed by atoms with E-state index in [2.05, 4.69) is 0 Å². The van der Waals surface area contributed by atoms with Gasteiger partial charge in [0, 0.05) is 18.0 Å². The Morgan fingerprint density at radius 1 is 1.05 bits per heavy atom. The number of aliphatic hydroxyl groups is 1. The maximum absolute atomic E-state index is 14.8. The van der Waals surface area contributed by atoms with Crippen molar-refractivity contribution in [2.24, 2.45) is 0 Å². The van der Waals surface area contributed by atoms with E-state index in [0.717, 1.165) is 11.1 Å². The molecule has 2 heterocycles. The molecule has 1 unspecified atom stereocenters. The van der Waals surface area contributed by atoms with Crippen molar-refractivity contribution in [2.75, 3.05) is 18.1 Å². The molecule has 0 bridgehead atoms. The van der Waals surface area contributed by atoms with Gasteiger partial charge in [0.1, 0.15) is 5.60 Å². The molecule has 1 N–H and O–H groups in total. The zero-order valence-corrected chi connectivity index (χ0v) is 21.9. The lowest BCUT2D eigenvalue weighted by atomic mass is 9.63. The normalized spacial score (nSPS) is 27.7. The van der Waals surface area contributed by atoms with Crippen LogP contribution in [0.1, 0.15) is 54.9 Å². The fraction of sp³-hybridized carbons (Fsp3) is 0.536. The highest BCUT2D eigenvalue weighted by Crippen LogP contribution is 2.51. The van der Waals surface area contributed by atoms with Gasteiger partial charge in [0.2, 0.25) is 5.67 Å². The number of hydrogen-bond donors (Lipinski definition) is 1. The summed E-state index contributed by atoms with van der Waals surface area (Å²) in [4.78, 5) is 15.4. The van der Waals surface area contributed by atoms with E-state index >= 15 is 0 Å². The Morgan fingerprint density at radius 2 is 1.71 bits per heavy atom. The zero-order valence-electron chi connectivity index (χ0n) is 21.1. The van der Waals surface area contributed by atoms with Crippen LogP contribution in [0.3, 0.4) is 0 Å². The van der Waals surface area contributed by atoms with Crippen LogP contribution in [0.15, 0.2) is 48.5 Å². The molecule has 1 amide bonds. The second kappa shape index (κ2) is 9.05. The molecular formula is C28H31F4NO4S. The second-order valence-electron chi connectivity index (χ2n) is 11.2. The number of aryl methyl sites for hydroxylation is 1. The van der Waals surface area contributed by atoms with Crippen LogP contribution in [0.5, 0.6) is 0 Å². The summed E-state index contributed by atoms with van der Waals surface area (Å²) in [7, 11) is -3.30. The van der Waals surface area contributed by atoms with Crippen molar-refractivity contribution in [3.05, 3.63) is 70.8 Å². The van der Waals surface area contributed by atoms with Crippen molar-refractivity contribution >= 4 is 15.7 Å². The van der Waals surface area contributed by atoms with Gasteiger partial charge in [0.15, 0.2) is 9.84 Å². The number of benzene rings is 2. The topological polar surface area (TPSA) is 74.7 Å². The average Bonchev–Trinajstić information content (AvgIpc) is 3.24. The van der Waals surface area contributed by atoms with Crippen molar-refractivity contribution in [3.63, 3.8) is 0 Å². The van der Waals surface area contributed by atoms with Crippen LogP contribution >= 0.6 is 0 Å². The van der Waals surface area contributed by atoms with Crippen molar-refractivity contribution in [1.82, 2.24) is 4.90 Å². The van der Waals surface area contributed by atoms with Crippen LogP contribution in [-0.2, 0) is 38.6 Å². The summed E-state index contributed by atoms with van der Waals surface area (Å²) in [5, 5.41) is 11.2. The minimum atomic E-state index is -5.06. The Kier molecular flexibility index (Phi) is 6.46. The first kappa shape index (κ1) is 27.1. The number of amides is 1. The highest BCUT2D eigenvalue weighted by atomic mass is 32.2. The standard InChI is InChI=1S/C28H31F4NO4S/c1-25(29,28(30,31)32)21-8-9-22-20(17-21)7-10-23-26(22,18-19-5-3-2-4-6-19)11-14-33(23)24(34)27(35)12-15-38(36,37)16-13-27/h2-6,8-9,17,23,35H,7,10-16,18H2,1H3/t23-,25?,26-/m1/s1. The summed E-state index contributed by atoms with van der Waals surface area (Å²) in [5.74, 6) is -0.994. The summed E-state index contributed by atoms with van der Waals surface area (Å²) >= 11 is 0. The van der Waals surface area contributed by atoms with Crippen molar-refractivity contribution < 1.29 is 35.9 Å². The summed E-state index contributed by atoms with van der Waals surface area (Å²) in [6.07, 6.45) is -3.53. The number of carbonyl (C=O) groups excluding carboxylic acids is 1. The van der Waals surface area contributed by atoms with Gasteiger partial charge < -0.3 is 10.0 Å². The molecule has 0 spiro atoms. The number of carbonyl (C=O) groups is 1. The summed E-state index contributed by atoms with van der Waals surface area (Å²) in [5.41, 5.74) is -3.90. The van der Waals surface area contributed by atoms with Crippen LogP contribution in [0.2, 0.25) is 0 Å². The Labute approximate surface area is 219 Å². The van der Waals surface area contributed by atoms with Gasteiger partial charge in [-0.1, -0.05) is 48.5 Å². The number of hydrogen-bond acceptors (Lipinski definition) is 4. The molecule has 5 nitrogen and oxygen atoms in total. The highest BCUT2D eigenvalue weighted by molar-refractivity contribution is 7.91. The summed E-state index contributed by atoms with van der Waals surface area (Å²) in [6, 6.07) is 13.4. The fourth-order valence-electron chi connectivity index (χ4n) is 6.58. The van der Waals surface area contributed by atoms with Gasteiger partial charge in [-0.15, -0.1) is 0 Å². The maximum Gasteiger partial charge on any atom is 0.426 e. The van der Waals surface area contributed by atoms with E-state index in [-0.39, 0.29) is 30.4 Å². The van der Waals surface area contributed by atoms with E-state index in [1.807, 2.05) is 30.3 Å². The molecule has 0 radical (unpaired) electrons. The molecule has 3 aliphatic rings. The van der Waals surface area contributed by atoms with Gasteiger partial charge in [-0.3, -0.25) is 4.79 Å². The number of halogens is 4. The fourth-order valence-corrected chi connectivity index (χ4v) is 8.08. The first-order valence-electron chi connectivity index (χ1n) is 12.9. The van der Waals surface area contributed by atoms with Gasteiger partial charge in [-0.25, -0.2) is 12.8 Å². The summed E-state index contributed by atoms with van der Waals surface area (Å²) < 4.78 is 79.0. The van der Waals surface area contributed by atoms with E-state index in [9.17, 15) is 35.9 Å². The average molecular weight is 554 g/mol. The Bertz CT molecular complexity index is 1330. The number of sulfone groups is 1. The minimum absolute atomic E-state index is 0.157. The van der Waals surface area contributed by atoms with E-state index in [0.29, 0.717) is 44.7 Å². The molecule has 2 aromatic rings. The molecule has 206 valence electrons. The van der Waals surface area contributed by atoms with Crippen molar-refractivity contribution in [2.45, 2.75) is 74.4 Å². The number of nitrogens with zero attached hydrogens (tertiary/aromatic N) is 1. The predicted octanol–water partition coefficient (Wildman–Crippen LogP) is 4.40. The lowest BCUT2D eigenvalue weighted by molar-refractivity contribution is -0.228. The van der Waals surface area contributed by atoms with Crippen LogP contribution in [0, 0.1) is 0 Å². The SMILES string of the molecule is CC(F)(c1ccc2c(c1)CC[C@H]1N(C(=O)C3(O)CCS(=O)(=O)CC3)CC[C@@]21Cc1ccccc1)C(F)(F)F. The van der Waals surface area contributed by atoms with Gasteiger partial charge in [-0.2, -0.15) is 13.2 Å². The highest BCUT2D eigenvalue weighted by Gasteiger charge is 2.57. The number of fused-ring (bicyclic) bond motifs is 3. The van der Waals surface area contributed by atoms with E-state index in [1.54, 1.807) is 11.0 Å². The molecule has 10 heteroatoms. The molecule has 3 atom stereocenters. The van der Waals surface area contributed by atoms with Gasteiger partial charge in [-0.05, 0) is 67.7 Å². The second-order valence-corrected chi connectivity index (χ2v) is 13.5. The molecular weight excluding hydrogens is 522 g/mol. The maximum atomic E-state index is 14.8. The first-order valence-corrected chi connectivity index (χ1v) is 14.7. The largest absolute Gasteiger partial charge is 0.426 e. The van der Waals surface area contributed by atoms with Gasteiger partial charge in [0.05, 0.1) is 11.5 Å². The van der Waals surface area contributed by atoms with E-state index in [1.165, 1.54) is 12.1 Å². The van der Waals surface area contributed by atoms with Crippen molar-refractivity contribution in [3.8, 4) is 0 Å². The first-order chi connectivity index (χ1) is 17.7. The third kappa shape index (κ3) is 4.43. The van der Waals surface area contributed by atoms with Crippen molar-refractivity contribution in [1.29, 1.82) is 0 Å². The molecule has 1 aliphatic carbocycles. The number of alkyl halides is 4. The van der Waals surface area contributed by atoms with E-state index in [4.69, 9.17) is 0 Å². The number of likely N-dealkylation sites (tertiary alicyclic amines) is 1. The summed E-state index contributed by atoms with van der Waals surface area (Å²) in [6.45, 7) is 0.858. The monoisotopic (exact) mass is 553 g/mol. The van der Waals surface area contributed by atoms with Gasteiger partial charge >= 0.3 is 6.18 Å². The molecule has 0 aromatic heterocycles. The third-order valence-corrected chi connectivity index (χ3v) is 10.5.